The van der Waals surface area contributed by atoms with E-state index in [9.17, 15) is 0 Å². The monoisotopic (exact) mass is 200 g/mol. The van der Waals surface area contributed by atoms with E-state index < -0.39 is 0 Å². The molecule has 0 spiro atoms. The second-order valence-corrected chi connectivity index (χ2v) is 3.23. The molecule has 1 N–H and O–H groups in total. The lowest BCUT2D eigenvalue weighted by Crippen LogP contribution is -2.04. The Bertz CT molecular complexity index is 428. The highest BCUT2D eigenvalue weighted by Crippen LogP contribution is 2.06. The van der Waals surface area contributed by atoms with E-state index in [0.717, 1.165) is 11.5 Å². The summed E-state index contributed by atoms with van der Waals surface area (Å²) in [6, 6.07) is 7.70. The van der Waals surface area contributed by atoms with Crippen LogP contribution < -0.4 is 5.32 Å². The van der Waals surface area contributed by atoms with E-state index in [4.69, 9.17) is 0 Å². The van der Waals surface area contributed by atoms with Crippen molar-refractivity contribution in [3.63, 3.8) is 0 Å². The van der Waals surface area contributed by atoms with Gasteiger partial charge in [-0.2, -0.15) is 5.10 Å². The Balaban J connectivity index is 2.03. The van der Waals surface area contributed by atoms with Gasteiger partial charge in [0.25, 0.3) is 0 Å². The van der Waals surface area contributed by atoms with Crippen molar-refractivity contribution < 1.29 is 0 Å². The van der Waals surface area contributed by atoms with Crippen molar-refractivity contribution in [1.82, 2.24) is 15.2 Å². The molecule has 0 saturated carbocycles. The second-order valence-electron chi connectivity index (χ2n) is 3.23. The molecular formula is C11H12N4. The van der Waals surface area contributed by atoms with Crippen molar-refractivity contribution in [2.24, 2.45) is 0 Å². The van der Waals surface area contributed by atoms with Gasteiger partial charge < -0.3 is 5.32 Å². The molecule has 4 heteroatoms. The molecule has 2 aromatic heterocycles. The second kappa shape index (κ2) is 4.50. The van der Waals surface area contributed by atoms with Crippen LogP contribution in [0.25, 0.3) is 0 Å². The molecule has 0 fully saturated rings. The number of anilines is 1. The lowest BCUT2D eigenvalue weighted by Gasteiger charge is -2.05. The number of rotatable bonds is 3. The van der Waals surface area contributed by atoms with E-state index in [1.54, 1.807) is 12.4 Å². The first-order valence-electron chi connectivity index (χ1n) is 4.78. The third kappa shape index (κ3) is 2.49. The number of hydrogen-bond donors (Lipinski definition) is 1. The summed E-state index contributed by atoms with van der Waals surface area (Å²) in [4.78, 5) is 4.28. The first-order chi connectivity index (χ1) is 7.36. The topological polar surface area (TPSA) is 50.7 Å². The Morgan fingerprint density at radius 1 is 1.20 bits per heavy atom. The summed E-state index contributed by atoms with van der Waals surface area (Å²) in [6.07, 6.45) is 3.44. The van der Waals surface area contributed by atoms with Crippen LogP contribution >= 0.6 is 0 Å². The summed E-state index contributed by atoms with van der Waals surface area (Å²) in [5.74, 6) is 0.766. The largest absolute Gasteiger partial charge is 0.363 e. The van der Waals surface area contributed by atoms with Gasteiger partial charge in [-0.25, -0.2) is 0 Å². The fraction of sp³-hybridized carbons (Fsp3) is 0.182. The molecule has 0 aliphatic rings. The van der Waals surface area contributed by atoms with E-state index in [-0.39, 0.29) is 0 Å². The van der Waals surface area contributed by atoms with Gasteiger partial charge in [0.2, 0.25) is 0 Å². The zero-order valence-electron chi connectivity index (χ0n) is 8.51. The lowest BCUT2D eigenvalue weighted by molar-refractivity contribution is 0.967. The van der Waals surface area contributed by atoms with Gasteiger partial charge in [0, 0.05) is 12.4 Å². The molecule has 0 aliphatic heterocycles. The Hall–Kier alpha value is -1.97. The van der Waals surface area contributed by atoms with Gasteiger partial charge in [0.15, 0.2) is 0 Å². The zero-order valence-corrected chi connectivity index (χ0v) is 8.51. The van der Waals surface area contributed by atoms with E-state index in [2.05, 4.69) is 20.5 Å². The summed E-state index contributed by atoms with van der Waals surface area (Å²) in [6.45, 7) is 2.71. The average Bonchev–Trinajstić information content (AvgIpc) is 2.29. The van der Waals surface area contributed by atoms with Gasteiger partial charge in [0.05, 0.1) is 12.2 Å². The van der Waals surface area contributed by atoms with Crippen LogP contribution in [0, 0.1) is 6.92 Å². The first-order valence-corrected chi connectivity index (χ1v) is 4.78. The molecule has 15 heavy (non-hydrogen) atoms. The summed E-state index contributed by atoms with van der Waals surface area (Å²) in [5, 5.41) is 10.9. The van der Waals surface area contributed by atoms with Gasteiger partial charge >= 0.3 is 0 Å². The Morgan fingerprint density at radius 3 is 2.80 bits per heavy atom. The van der Waals surface area contributed by atoms with Crippen LogP contribution in [0.3, 0.4) is 0 Å². The van der Waals surface area contributed by atoms with E-state index in [1.807, 2.05) is 31.2 Å². The maximum Gasteiger partial charge on any atom is 0.148 e. The Labute approximate surface area is 88.4 Å². The van der Waals surface area contributed by atoms with Crippen molar-refractivity contribution in [2.45, 2.75) is 13.5 Å². The van der Waals surface area contributed by atoms with Crippen molar-refractivity contribution >= 4 is 5.82 Å². The van der Waals surface area contributed by atoms with Crippen molar-refractivity contribution in [2.75, 3.05) is 5.32 Å². The van der Waals surface area contributed by atoms with E-state index in [0.29, 0.717) is 6.54 Å². The third-order valence-electron chi connectivity index (χ3n) is 2.13. The number of pyridine rings is 1. The standard InChI is InChI=1S/C11H12N4/c1-9-4-2-6-12-10(9)8-13-11-5-3-7-14-15-11/h2-7H,8H2,1H3,(H,13,15). The van der Waals surface area contributed by atoms with Crippen LogP contribution in [-0.2, 0) is 6.54 Å². The van der Waals surface area contributed by atoms with Gasteiger partial charge in [-0.1, -0.05) is 6.07 Å². The smallest absolute Gasteiger partial charge is 0.148 e. The number of aromatic nitrogens is 3. The molecular weight excluding hydrogens is 188 g/mol. The van der Waals surface area contributed by atoms with Crippen LogP contribution in [0.5, 0.6) is 0 Å². The minimum atomic E-state index is 0.672. The fourth-order valence-electron chi connectivity index (χ4n) is 1.27. The molecule has 0 bridgehead atoms. The number of nitrogens with one attached hydrogen (secondary N) is 1. The van der Waals surface area contributed by atoms with Crippen molar-refractivity contribution in [3.05, 3.63) is 47.9 Å². The third-order valence-corrected chi connectivity index (χ3v) is 2.13. The lowest BCUT2D eigenvalue weighted by atomic mass is 10.2. The van der Waals surface area contributed by atoms with Gasteiger partial charge in [0.1, 0.15) is 5.82 Å². The highest BCUT2D eigenvalue weighted by Gasteiger charge is 1.98. The minimum absolute atomic E-state index is 0.672. The fourth-order valence-corrected chi connectivity index (χ4v) is 1.27. The predicted octanol–water partition coefficient (Wildman–Crippen LogP) is 1.79. The molecule has 0 amide bonds. The van der Waals surface area contributed by atoms with Crippen molar-refractivity contribution in [1.29, 1.82) is 0 Å². The van der Waals surface area contributed by atoms with Crippen LogP contribution in [0.4, 0.5) is 5.82 Å². The van der Waals surface area contributed by atoms with Gasteiger partial charge in [-0.05, 0) is 30.7 Å². The molecule has 0 saturated heterocycles. The van der Waals surface area contributed by atoms with Crippen molar-refractivity contribution in [3.8, 4) is 0 Å². The predicted molar refractivity (Wildman–Crippen MR) is 58.3 cm³/mol. The average molecular weight is 200 g/mol. The summed E-state index contributed by atoms with van der Waals surface area (Å²) in [7, 11) is 0. The van der Waals surface area contributed by atoms with Crippen LogP contribution in [0.15, 0.2) is 36.7 Å². The maximum atomic E-state index is 4.28. The maximum absolute atomic E-state index is 4.28. The quantitative estimate of drug-likeness (QED) is 0.820. The summed E-state index contributed by atoms with van der Waals surface area (Å²) >= 11 is 0. The molecule has 0 unspecified atom stereocenters. The normalized spacial score (nSPS) is 9.93. The SMILES string of the molecule is Cc1cccnc1CNc1cccnn1. The molecule has 0 radical (unpaired) electrons. The Kier molecular flexibility index (Phi) is 2.88. The molecule has 2 aromatic rings. The van der Waals surface area contributed by atoms with Crippen LogP contribution in [-0.4, -0.2) is 15.2 Å². The van der Waals surface area contributed by atoms with Crippen LogP contribution in [0.2, 0.25) is 0 Å². The minimum Gasteiger partial charge on any atom is -0.363 e. The molecule has 76 valence electrons. The zero-order chi connectivity index (χ0) is 10.5. The van der Waals surface area contributed by atoms with Crippen LogP contribution in [0.1, 0.15) is 11.3 Å². The molecule has 0 aliphatic carbocycles. The first kappa shape index (κ1) is 9.58. The van der Waals surface area contributed by atoms with E-state index in [1.165, 1.54) is 5.56 Å². The number of nitrogens with zero attached hydrogens (tertiary/aromatic N) is 3. The number of aryl methyl sites for hydroxylation is 1. The molecule has 4 nitrogen and oxygen atoms in total. The molecule has 0 aromatic carbocycles. The molecule has 0 atom stereocenters. The Morgan fingerprint density at radius 2 is 2.07 bits per heavy atom. The van der Waals surface area contributed by atoms with Gasteiger partial charge in [-0.15, -0.1) is 5.10 Å². The summed E-state index contributed by atoms with van der Waals surface area (Å²) in [5.41, 5.74) is 2.21. The number of hydrogen-bond acceptors (Lipinski definition) is 4. The molecule has 2 rings (SSSR count). The van der Waals surface area contributed by atoms with Gasteiger partial charge in [-0.3, -0.25) is 4.98 Å². The molecule has 2 heterocycles. The van der Waals surface area contributed by atoms with E-state index >= 15 is 0 Å². The highest BCUT2D eigenvalue weighted by molar-refractivity contribution is 5.33. The highest BCUT2D eigenvalue weighted by atomic mass is 15.2. The summed E-state index contributed by atoms with van der Waals surface area (Å²) < 4.78 is 0.